The molecule has 1 fully saturated rings. The lowest BCUT2D eigenvalue weighted by atomic mass is 9.80. The van der Waals surface area contributed by atoms with Gasteiger partial charge in [0, 0.05) is 19.8 Å². The minimum Gasteiger partial charge on any atom is -0.469 e. The van der Waals surface area contributed by atoms with Crippen LogP contribution >= 0.6 is 11.6 Å². The second-order valence-corrected chi connectivity index (χ2v) is 5.72. The van der Waals surface area contributed by atoms with Gasteiger partial charge in [-0.1, -0.05) is 11.6 Å². The highest BCUT2D eigenvalue weighted by Crippen LogP contribution is 2.31. The van der Waals surface area contributed by atoms with E-state index < -0.39 is 39.5 Å². The monoisotopic (exact) mass is 347 g/mol. The van der Waals surface area contributed by atoms with Crippen LogP contribution in [-0.2, 0) is 14.3 Å². The molecule has 1 aromatic rings. The summed E-state index contributed by atoms with van der Waals surface area (Å²) in [5.74, 6) is -3.13. The SMILES string of the molecule is COC(=O)C1(CNC(=O)c2cc(F)c(Cl)cc2F)CCOCC1. The van der Waals surface area contributed by atoms with Gasteiger partial charge in [-0.2, -0.15) is 0 Å². The molecule has 1 aromatic carbocycles. The molecule has 1 N–H and O–H groups in total. The molecule has 1 amide bonds. The van der Waals surface area contributed by atoms with Gasteiger partial charge in [0.25, 0.3) is 5.91 Å². The van der Waals surface area contributed by atoms with E-state index in [2.05, 4.69) is 5.32 Å². The van der Waals surface area contributed by atoms with E-state index in [-0.39, 0.29) is 6.54 Å². The number of esters is 1. The smallest absolute Gasteiger partial charge is 0.313 e. The molecule has 5 nitrogen and oxygen atoms in total. The first-order valence-corrected chi connectivity index (χ1v) is 7.36. The van der Waals surface area contributed by atoms with Crippen molar-refractivity contribution in [3.05, 3.63) is 34.4 Å². The van der Waals surface area contributed by atoms with Crippen LogP contribution in [0.4, 0.5) is 8.78 Å². The first-order valence-electron chi connectivity index (χ1n) is 6.98. The second-order valence-electron chi connectivity index (χ2n) is 5.31. The molecule has 0 spiro atoms. The van der Waals surface area contributed by atoms with Crippen LogP contribution in [0.1, 0.15) is 23.2 Å². The predicted molar refractivity (Wildman–Crippen MR) is 78.2 cm³/mol. The molecule has 126 valence electrons. The summed E-state index contributed by atoms with van der Waals surface area (Å²) in [6.45, 7) is 0.662. The summed E-state index contributed by atoms with van der Waals surface area (Å²) in [7, 11) is 1.26. The summed E-state index contributed by atoms with van der Waals surface area (Å²) in [5.41, 5.74) is -1.40. The van der Waals surface area contributed by atoms with E-state index in [0.29, 0.717) is 26.1 Å². The summed E-state index contributed by atoms with van der Waals surface area (Å²) in [6.07, 6.45) is 0.745. The van der Waals surface area contributed by atoms with Gasteiger partial charge in [0.05, 0.1) is 23.1 Å². The first kappa shape index (κ1) is 17.6. The molecular formula is C15H16ClF2NO4. The predicted octanol–water partition coefficient (Wildman–Crippen LogP) is 2.32. The zero-order chi connectivity index (χ0) is 17.0. The lowest BCUT2D eigenvalue weighted by molar-refractivity contribution is -0.158. The van der Waals surface area contributed by atoms with E-state index in [1.807, 2.05) is 0 Å². The maximum Gasteiger partial charge on any atom is 0.313 e. The Morgan fingerprint density at radius 2 is 1.96 bits per heavy atom. The van der Waals surface area contributed by atoms with Crippen molar-refractivity contribution in [1.29, 1.82) is 0 Å². The molecule has 0 saturated carbocycles. The molecule has 0 bridgehead atoms. The van der Waals surface area contributed by atoms with Crippen molar-refractivity contribution in [3.63, 3.8) is 0 Å². The number of ether oxygens (including phenoxy) is 2. The molecule has 0 aliphatic carbocycles. The number of amides is 1. The van der Waals surface area contributed by atoms with Gasteiger partial charge in [-0.3, -0.25) is 9.59 Å². The van der Waals surface area contributed by atoms with E-state index >= 15 is 0 Å². The Morgan fingerprint density at radius 1 is 1.30 bits per heavy atom. The van der Waals surface area contributed by atoms with Gasteiger partial charge in [0.1, 0.15) is 11.6 Å². The molecule has 1 saturated heterocycles. The second kappa shape index (κ2) is 7.23. The van der Waals surface area contributed by atoms with E-state index in [1.165, 1.54) is 7.11 Å². The van der Waals surface area contributed by atoms with Gasteiger partial charge >= 0.3 is 5.97 Å². The average molecular weight is 348 g/mol. The lowest BCUT2D eigenvalue weighted by Crippen LogP contribution is -2.47. The number of nitrogens with one attached hydrogen (secondary N) is 1. The van der Waals surface area contributed by atoms with E-state index in [4.69, 9.17) is 21.1 Å². The number of carbonyl (C=O) groups is 2. The van der Waals surface area contributed by atoms with Gasteiger partial charge in [0.15, 0.2) is 0 Å². The zero-order valence-electron chi connectivity index (χ0n) is 12.5. The van der Waals surface area contributed by atoms with Gasteiger partial charge < -0.3 is 14.8 Å². The summed E-state index contributed by atoms with van der Waals surface area (Å²) < 4.78 is 37.2. The van der Waals surface area contributed by atoms with Crippen molar-refractivity contribution >= 4 is 23.5 Å². The fourth-order valence-electron chi connectivity index (χ4n) is 2.47. The van der Waals surface area contributed by atoms with E-state index in [0.717, 1.165) is 12.1 Å². The third-order valence-corrected chi connectivity index (χ3v) is 4.20. The highest BCUT2D eigenvalue weighted by molar-refractivity contribution is 6.30. The van der Waals surface area contributed by atoms with E-state index in [1.54, 1.807) is 0 Å². The van der Waals surface area contributed by atoms with Gasteiger partial charge in [0.2, 0.25) is 0 Å². The van der Waals surface area contributed by atoms with Crippen molar-refractivity contribution in [3.8, 4) is 0 Å². The van der Waals surface area contributed by atoms with Crippen LogP contribution in [0.2, 0.25) is 5.02 Å². The van der Waals surface area contributed by atoms with Gasteiger partial charge in [-0.05, 0) is 25.0 Å². The quantitative estimate of drug-likeness (QED) is 0.670. The number of rotatable bonds is 4. The molecule has 1 heterocycles. The maximum absolute atomic E-state index is 13.7. The topological polar surface area (TPSA) is 64.6 Å². The Hall–Kier alpha value is -1.73. The maximum atomic E-state index is 13.7. The molecule has 1 aliphatic rings. The minimum atomic E-state index is -0.937. The lowest BCUT2D eigenvalue weighted by Gasteiger charge is -2.34. The third kappa shape index (κ3) is 3.79. The number of methoxy groups -OCH3 is 1. The molecule has 0 unspecified atom stereocenters. The van der Waals surface area contributed by atoms with Gasteiger partial charge in [-0.25, -0.2) is 8.78 Å². The number of hydrogen-bond donors (Lipinski definition) is 1. The fourth-order valence-corrected chi connectivity index (χ4v) is 2.62. The van der Waals surface area contributed by atoms with Crippen LogP contribution in [0.5, 0.6) is 0 Å². The zero-order valence-corrected chi connectivity index (χ0v) is 13.2. The Kier molecular flexibility index (Phi) is 5.54. The summed E-state index contributed by atoms with van der Waals surface area (Å²) >= 11 is 5.45. The first-order chi connectivity index (χ1) is 10.9. The molecule has 0 atom stereocenters. The average Bonchev–Trinajstić information content (AvgIpc) is 2.56. The van der Waals surface area contributed by atoms with Crippen molar-refractivity contribution in [1.82, 2.24) is 5.32 Å². The molecule has 0 aromatic heterocycles. The third-order valence-electron chi connectivity index (χ3n) is 3.91. The van der Waals surface area contributed by atoms with E-state index in [9.17, 15) is 18.4 Å². The van der Waals surface area contributed by atoms with Crippen LogP contribution in [0.3, 0.4) is 0 Å². The minimum absolute atomic E-state index is 0.0500. The van der Waals surface area contributed by atoms with Crippen molar-refractivity contribution < 1.29 is 27.8 Å². The van der Waals surface area contributed by atoms with Crippen molar-refractivity contribution in [2.24, 2.45) is 5.41 Å². The molecule has 8 heteroatoms. The summed E-state index contributed by atoms with van der Waals surface area (Å²) in [4.78, 5) is 24.1. The standard InChI is InChI=1S/C15H16ClF2NO4/c1-22-14(21)15(2-4-23-5-3-15)8-19-13(20)9-6-12(18)10(16)7-11(9)17/h6-7H,2-5,8H2,1H3,(H,19,20). The van der Waals surface area contributed by atoms with Crippen LogP contribution in [0.25, 0.3) is 0 Å². The van der Waals surface area contributed by atoms with Crippen molar-refractivity contribution in [2.75, 3.05) is 26.9 Å². The molecule has 2 rings (SSSR count). The Morgan fingerprint density at radius 3 is 2.57 bits per heavy atom. The largest absolute Gasteiger partial charge is 0.469 e. The molecule has 0 radical (unpaired) electrons. The summed E-state index contributed by atoms with van der Waals surface area (Å²) in [6, 6.07) is 1.46. The fraction of sp³-hybridized carbons (Fsp3) is 0.467. The van der Waals surface area contributed by atoms with Crippen molar-refractivity contribution in [2.45, 2.75) is 12.8 Å². The Balaban J connectivity index is 2.13. The van der Waals surface area contributed by atoms with Crippen LogP contribution in [-0.4, -0.2) is 38.7 Å². The van der Waals surface area contributed by atoms with Crippen LogP contribution < -0.4 is 5.32 Å². The number of carbonyl (C=O) groups excluding carboxylic acids is 2. The van der Waals surface area contributed by atoms with Gasteiger partial charge in [-0.15, -0.1) is 0 Å². The number of halogens is 3. The van der Waals surface area contributed by atoms with Crippen LogP contribution in [0, 0.1) is 17.0 Å². The Bertz CT molecular complexity index is 618. The highest BCUT2D eigenvalue weighted by Gasteiger charge is 2.41. The normalized spacial score (nSPS) is 16.7. The molecule has 23 heavy (non-hydrogen) atoms. The Labute approximate surface area is 136 Å². The number of benzene rings is 1. The summed E-state index contributed by atoms with van der Waals surface area (Å²) in [5, 5.41) is 2.06. The molecule has 1 aliphatic heterocycles. The number of hydrogen-bond acceptors (Lipinski definition) is 4. The van der Waals surface area contributed by atoms with Crippen LogP contribution in [0.15, 0.2) is 12.1 Å². The molecular weight excluding hydrogens is 332 g/mol. The highest BCUT2D eigenvalue weighted by atomic mass is 35.5.